The van der Waals surface area contributed by atoms with E-state index in [1.807, 2.05) is 12.2 Å². The van der Waals surface area contributed by atoms with Crippen molar-refractivity contribution in [1.29, 1.82) is 0 Å². The predicted octanol–water partition coefficient (Wildman–Crippen LogP) is 2.81. The van der Waals surface area contributed by atoms with E-state index >= 15 is 0 Å². The van der Waals surface area contributed by atoms with E-state index in [-0.39, 0.29) is 17.7 Å². The number of nitrogens with one attached hydrogen (secondary N) is 1. The molecule has 5 nitrogen and oxygen atoms in total. The van der Waals surface area contributed by atoms with E-state index < -0.39 is 17.8 Å². The van der Waals surface area contributed by atoms with Crippen molar-refractivity contribution < 1.29 is 19.4 Å². The number of carbonyl (C=O) groups is 2. The number of fused-ring (bicyclic) bond motifs is 2. The van der Waals surface area contributed by atoms with Gasteiger partial charge >= 0.3 is 5.97 Å². The van der Waals surface area contributed by atoms with Crippen molar-refractivity contribution >= 4 is 29.2 Å². The number of anilines is 1. The Hall–Kier alpha value is -2.01. The highest BCUT2D eigenvalue weighted by molar-refractivity contribution is 6.31. The molecule has 1 saturated carbocycles. The maximum absolute atomic E-state index is 12.6. The summed E-state index contributed by atoms with van der Waals surface area (Å²) in [4.78, 5) is 24.1. The molecule has 0 aromatic heterocycles. The molecule has 0 spiro atoms. The van der Waals surface area contributed by atoms with Gasteiger partial charge in [-0.25, -0.2) is 0 Å². The number of carboxylic acid groups (broad SMARTS) is 1. The second-order valence-electron chi connectivity index (χ2n) is 5.67. The molecule has 1 fully saturated rings. The van der Waals surface area contributed by atoms with Gasteiger partial charge < -0.3 is 15.2 Å². The third kappa shape index (κ3) is 2.46. The first kappa shape index (κ1) is 14.9. The number of benzene rings is 1. The fourth-order valence-electron chi connectivity index (χ4n) is 3.51. The van der Waals surface area contributed by atoms with Crippen LogP contribution in [0.2, 0.25) is 5.02 Å². The summed E-state index contributed by atoms with van der Waals surface area (Å²) in [6.07, 6.45) is 4.58. The van der Waals surface area contributed by atoms with Crippen LogP contribution in [0.15, 0.2) is 30.4 Å². The Bertz CT molecular complexity index is 658. The summed E-state index contributed by atoms with van der Waals surface area (Å²) in [7, 11) is 1.50. The average molecular weight is 322 g/mol. The molecule has 22 heavy (non-hydrogen) atoms. The van der Waals surface area contributed by atoms with Crippen LogP contribution in [0.25, 0.3) is 0 Å². The number of halogens is 1. The first-order valence-electron chi connectivity index (χ1n) is 7.07. The highest BCUT2D eigenvalue weighted by Gasteiger charge is 2.51. The Morgan fingerprint density at radius 3 is 2.59 bits per heavy atom. The van der Waals surface area contributed by atoms with Crippen LogP contribution in [-0.2, 0) is 9.59 Å². The van der Waals surface area contributed by atoms with Gasteiger partial charge in [-0.05, 0) is 36.5 Å². The Morgan fingerprint density at radius 1 is 1.27 bits per heavy atom. The van der Waals surface area contributed by atoms with Crippen LogP contribution in [0, 0.1) is 23.7 Å². The van der Waals surface area contributed by atoms with Crippen LogP contribution in [0.5, 0.6) is 5.75 Å². The van der Waals surface area contributed by atoms with Crippen molar-refractivity contribution in [2.75, 3.05) is 12.4 Å². The number of ether oxygens (including phenoxy) is 1. The molecule has 2 aliphatic rings. The van der Waals surface area contributed by atoms with Gasteiger partial charge in [0, 0.05) is 5.02 Å². The lowest BCUT2D eigenvalue weighted by Gasteiger charge is -2.24. The number of allylic oxidation sites excluding steroid dienone is 2. The van der Waals surface area contributed by atoms with E-state index in [1.165, 1.54) is 7.11 Å². The standard InChI is InChI=1S/C16H16ClNO4/c1-22-12-5-4-10(17)7-11(12)18-15(19)13-8-2-3-9(6-8)14(13)16(20)21/h2-5,7-9,13-14H,6H2,1H3,(H,18,19)(H,20,21)/t8-,9+,13+,14+/m1/s1. The molecular weight excluding hydrogens is 306 g/mol. The summed E-state index contributed by atoms with van der Waals surface area (Å²) in [5.41, 5.74) is 0.455. The lowest BCUT2D eigenvalue weighted by molar-refractivity contribution is -0.146. The van der Waals surface area contributed by atoms with Gasteiger partial charge in [0.2, 0.25) is 5.91 Å². The van der Waals surface area contributed by atoms with Gasteiger partial charge in [-0.3, -0.25) is 9.59 Å². The van der Waals surface area contributed by atoms with Crippen LogP contribution in [0.1, 0.15) is 6.42 Å². The summed E-state index contributed by atoms with van der Waals surface area (Å²) in [6, 6.07) is 4.92. The van der Waals surface area contributed by atoms with Crippen LogP contribution < -0.4 is 10.1 Å². The molecule has 0 unspecified atom stereocenters. The van der Waals surface area contributed by atoms with E-state index in [2.05, 4.69) is 5.32 Å². The van der Waals surface area contributed by atoms with E-state index in [0.717, 1.165) is 6.42 Å². The molecule has 3 rings (SSSR count). The Labute approximate surface area is 132 Å². The topological polar surface area (TPSA) is 75.6 Å². The minimum Gasteiger partial charge on any atom is -0.495 e. The largest absolute Gasteiger partial charge is 0.495 e. The van der Waals surface area contributed by atoms with Gasteiger partial charge in [0.05, 0.1) is 24.6 Å². The van der Waals surface area contributed by atoms with Gasteiger partial charge in [0.15, 0.2) is 0 Å². The third-order valence-corrected chi connectivity index (χ3v) is 4.70. The fraction of sp³-hybridized carbons (Fsp3) is 0.375. The Balaban J connectivity index is 1.84. The number of carboxylic acids is 1. The molecule has 2 bridgehead atoms. The zero-order valence-electron chi connectivity index (χ0n) is 12.0. The molecule has 0 radical (unpaired) electrons. The summed E-state index contributed by atoms with van der Waals surface area (Å²) < 4.78 is 5.20. The fourth-order valence-corrected chi connectivity index (χ4v) is 3.68. The number of carbonyl (C=O) groups excluding carboxylic acids is 1. The third-order valence-electron chi connectivity index (χ3n) is 4.47. The van der Waals surface area contributed by atoms with Crippen LogP contribution in [0.3, 0.4) is 0 Å². The molecular formula is C16H16ClNO4. The molecule has 4 atom stereocenters. The van der Waals surface area contributed by atoms with Crippen LogP contribution >= 0.6 is 11.6 Å². The number of aliphatic carboxylic acids is 1. The van der Waals surface area contributed by atoms with Crippen LogP contribution in [0.4, 0.5) is 5.69 Å². The van der Waals surface area contributed by atoms with Crippen molar-refractivity contribution in [3.8, 4) is 5.75 Å². The number of hydrogen-bond acceptors (Lipinski definition) is 3. The van der Waals surface area contributed by atoms with E-state index in [9.17, 15) is 14.7 Å². The SMILES string of the molecule is COc1ccc(Cl)cc1NC(=O)[C@@H]1[C@@H](C(=O)O)[C@H]2C=C[C@@H]1C2. The second kappa shape index (κ2) is 5.65. The number of rotatable bonds is 4. The monoisotopic (exact) mass is 321 g/mol. The highest BCUT2D eigenvalue weighted by atomic mass is 35.5. The molecule has 116 valence electrons. The second-order valence-corrected chi connectivity index (χ2v) is 6.11. The number of amides is 1. The predicted molar refractivity (Wildman–Crippen MR) is 82.0 cm³/mol. The molecule has 2 N–H and O–H groups in total. The van der Waals surface area contributed by atoms with Crippen molar-refractivity contribution in [2.45, 2.75) is 6.42 Å². The smallest absolute Gasteiger partial charge is 0.307 e. The molecule has 0 aliphatic heterocycles. The van der Waals surface area contributed by atoms with Gasteiger partial charge in [-0.15, -0.1) is 0 Å². The summed E-state index contributed by atoms with van der Waals surface area (Å²) >= 11 is 5.95. The first-order valence-corrected chi connectivity index (χ1v) is 7.44. The zero-order valence-corrected chi connectivity index (χ0v) is 12.7. The van der Waals surface area contributed by atoms with Crippen molar-refractivity contribution in [3.63, 3.8) is 0 Å². The van der Waals surface area contributed by atoms with Gasteiger partial charge in [0.25, 0.3) is 0 Å². The Kier molecular flexibility index (Phi) is 3.83. The minimum atomic E-state index is -0.921. The molecule has 1 aromatic carbocycles. The van der Waals surface area contributed by atoms with E-state index in [1.54, 1.807) is 18.2 Å². The van der Waals surface area contributed by atoms with Crippen LogP contribution in [-0.4, -0.2) is 24.1 Å². The maximum atomic E-state index is 12.6. The highest BCUT2D eigenvalue weighted by Crippen LogP contribution is 2.48. The maximum Gasteiger partial charge on any atom is 0.307 e. The molecule has 0 saturated heterocycles. The summed E-state index contributed by atoms with van der Waals surface area (Å²) in [5.74, 6) is -2.03. The summed E-state index contributed by atoms with van der Waals surface area (Å²) in [6.45, 7) is 0. The van der Waals surface area contributed by atoms with Gasteiger partial charge in [-0.2, -0.15) is 0 Å². The normalized spacial score (nSPS) is 28.6. The van der Waals surface area contributed by atoms with Crippen molar-refractivity contribution in [1.82, 2.24) is 0 Å². The van der Waals surface area contributed by atoms with Crippen molar-refractivity contribution in [3.05, 3.63) is 35.4 Å². The van der Waals surface area contributed by atoms with Gasteiger partial charge in [0.1, 0.15) is 5.75 Å². The number of methoxy groups -OCH3 is 1. The first-order chi connectivity index (χ1) is 10.5. The average Bonchev–Trinajstić information content (AvgIpc) is 3.08. The molecule has 0 heterocycles. The van der Waals surface area contributed by atoms with Gasteiger partial charge in [-0.1, -0.05) is 23.8 Å². The lowest BCUT2D eigenvalue weighted by atomic mass is 9.82. The molecule has 1 amide bonds. The van der Waals surface area contributed by atoms with Crippen molar-refractivity contribution in [2.24, 2.45) is 23.7 Å². The number of hydrogen-bond donors (Lipinski definition) is 2. The van der Waals surface area contributed by atoms with E-state index in [0.29, 0.717) is 16.5 Å². The molecule has 2 aliphatic carbocycles. The minimum absolute atomic E-state index is 0.0173. The summed E-state index contributed by atoms with van der Waals surface area (Å²) in [5, 5.41) is 12.6. The Morgan fingerprint density at radius 2 is 1.95 bits per heavy atom. The molecule has 1 aromatic rings. The quantitative estimate of drug-likeness (QED) is 0.836. The molecule has 6 heteroatoms. The van der Waals surface area contributed by atoms with E-state index in [4.69, 9.17) is 16.3 Å². The lowest BCUT2D eigenvalue weighted by Crippen LogP contribution is -2.36. The zero-order chi connectivity index (χ0) is 15.9.